The van der Waals surface area contributed by atoms with Crippen LogP contribution in [0.3, 0.4) is 0 Å². The Kier molecular flexibility index (Phi) is 3.85. The van der Waals surface area contributed by atoms with Crippen LogP contribution in [0.5, 0.6) is 5.75 Å². The first-order chi connectivity index (χ1) is 9.11. The fraction of sp³-hybridized carbons (Fsp3) is 0.188. The van der Waals surface area contributed by atoms with Crippen molar-refractivity contribution in [1.82, 2.24) is 0 Å². The van der Waals surface area contributed by atoms with Gasteiger partial charge in [-0.2, -0.15) is 0 Å². The van der Waals surface area contributed by atoms with Crippen molar-refractivity contribution in [2.45, 2.75) is 12.8 Å². The lowest BCUT2D eigenvalue weighted by Gasteiger charge is -2.11. The molecule has 0 amide bonds. The Labute approximate surface area is 112 Å². The van der Waals surface area contributed by atoms with Gasteiger partial charge in [-0.15, -0.1) is 0 Å². The smallest absolute Gasteiger partial charge is 0.313 e. The van der Waals surface area contributed by atoms with E-state index in [0.717, 1.165) is 16.3 Å². The Bertz CT molecular complexity index is 616. The number of aromatic hydroxyl groups is 1. The van der Waals surface area contributed by atoms with Gasteiger partial charge in [0.25, 0.3) is 0 Å². The number of phenolic OH excluding ortho intramolecular Hbond substituents is 1. The Morgan fingerprint density at radius 2 is 2.00 bits per heavy atom. The fourth-order valence-corrected chi connectivity index (χ4v) is 1.92. The minimum absolute atomic E-state index is 0.227. The van der Waals surface area contributed by atoms with Crippen LogP contribution in [0.2, 0.25) is 0 Å². The number of ether oxygens (including phenoxy) is 1. The lowest BCUT2D eigenvalue weighted by Crippen LogP contribution is -2.13. The Hall–Kier alpha value is -2.29. The summed E-state index contributed by atoms with van der Waals surface area (Å²) in [5, 5.41) is 11.3. The van der Waals surface area contributed by atoms with Gasteiger partial charge >= 0.3 is 5.97 Å². The molecule has 2 rings (SSSR count). The fourth-order valence-electron chi connectivity index (χ4n) is 1.92. The number of esters is 1. The third-order valence-corrected chi connectivity index (χ3v) is 3.04. The van der Waals surface area contributed by atoms with Gasteiger partial charge in [-0.05, 0) is 35.4 Å². The molecule has 19 heavy (non-hydrogen) atoms. The van der Waals surface area contributed by atoms with Crippen molar-refractivity contribution >= 4 is 16.7 Å². The van der Waals surface area contributed by atoms with Gasteiger partial charge in [-0.25, -0.2) is 0 Å². The maximum atomic E-state index is 11.8. The molecule has 0 fully saturated rings. The quantitative estimate of drug-likeness (QED) is 0.673. The predicted octanol–water partition coefficient (Wildman–Crippen LogP) is 3.38. The number of phenols is 1. The maximum Gasteiger partial charge on any atom is 0.313 e. The Morgan fingerprint density at radius 1 is 1.32 bits per heavy atom. The van der Waals surface area contributed by atoms with Crippen LogP contribution in [0.1, 0.15) is 18.4 Å². The predicted molar refractivity (Wildman–Crippen MR) is 75.2 cm³/mol. The van der Waals surface area contributed by atoms with Gasteiger partial charge in [0.05, 0.1) is 5.92 Å². The molecule has 0 bridgehead atoms. The summed E-state index contributed by atoms with van der Waals surface area (Å²) in [5.41, 5.74) is 0.896. The first-order valence-electron chi connectivity index (χ1n) is 6.12. The van der Waals surface area contributed by atoms with Crippen molar-refractivity contribution in [3.05, 3.63) is 54.6 Å². The molecule has 0 aliphatic heterocycles. The molecule has 3 heteroatoms. The Morgan fingerprint density at radius 3 is 2.74 bits per heavy atom. The van der Waals surface area contributed by atoms with Crippen LogP contribution in [0.15, 0.2) is 49.1 Å². The van der Waals surface area contributed by atoms with E-state index in [1.807, 2.05) is 31.2 Å². The molecule has 0 saturated heterocycles. The number of carbonyl (C=O) groups is 1. The second-order valence-corrected chi connectivity index (χ2v) is 4.43. The number of hydrogen-bond donors (Lipinski definition) is 1. The van der Waals surface area contributed by atoms with Crippen LogP contribution in [0, 0.1) is 0 Å². The number of benzene rings is 2. The number of rotatable bonds is 4. The average molecular weight is 256 g/mol. The molecular weight excluding hydrogens is 240 g/mol. The highest BCUT2D eigenvalue weighted by atomic mass is 16.5. The summed E-state index contributed by atoms with van der Waals surface area (Å²) in [6.07, 6.45) is 1.55. The molecule has 0 unspecified atom stereocenters. The van der Waals surface area contributed by atoms with Crippen LogP contribution < -0.4 is 0 Å². The monoisotopic (exact) mass is 256 g/mol. The molecule has 1 atom stereocenters. The molecule has 0 aliphatic rings. The second kappa shape index (κ2) is 5.57. The summed E-state index contributed by atoms with van der Waals surface area (Å²) in [6.45, 7) is 5.55. The van der Waals surface area contributed by atoms with Crippen molar-refractivity contribution in [2.75, 3.05) is 6.61 Å². The first-order valence-corrected chi connectivity index (χ1v) is 6.12. The molecule has 0 saturated carbocycles. The van der Waals surface area contributed by atoms with E-state index in [-0.39, 0.29) is 24.2 Å². The van der Waals surface area contributed by atoms with Gasteiger partial charge in [0.2, 0.25) is 0 Å². The van der Waals surface area contributed by atoms with Crippen molar-refractivity contribution in [2.24, 2.45) is 0 Å². The number of hydrogen-bond acceptors (Lipinski definition) is 3. The lowest BCUT2D eigenvalue weighted by atomic mass is 9.98. The molecule has 3 nitrogen and oxygen atoms in total. The summed E-state index contributed by atoms with van der Waals surface area (Å²) in [4.78, 5) is 11.8. The minimum atomic E-state index is -0.321. The molecule has 1 N–H and O–H groups in total. The third-order valence-electron chi connectivity index (χ3n) is 3.04. The van der Waals surface area contributed by atoms with E-state index in [4.69, 9.17) is 4.74 Å². The zero-order valence-corrected chi connectivity index (χ0v) is 10.8. The van der Waals surface area contributed by atoms with Gasteiger partial charge in [-0.3, -0.25) is 4.79 Å². The summed E-state index contributed by atoms with van der Waals surface area (Å²) >= 11 is 0. The second-order valence-electron chi connectivity index (χ2n) is 4.43. The average Bonchev–Trinajstić information content (AvgIpc) is 2.43. The van der Waals surface area contributed by atoms with E-state index in [2.05, 4.69) is 6.58 Å². The van der Waals surface area contributed by atoms with Gasteiger partial charge in [0.1, 0.15) is 12.4 Å². The zero-order chi connectivity index (χ0) is 13.8. The molecule has 0 aromatic heterocycles. The van der Waals surface area contributed by atoms with E-state index < -0.39 is 0 Å². The van der Waals surface area contributed by atoms with Crippen LogP contribution in [-0.4, -0.2) is 17.7 Å². The molecule has 0 heterocycles. The molecule has 0 spiro atoms. The highest BCUT2D eigenvalue weighted by Crippen LogP contribution is 2.25. The molecular formula is C16H16O3. The van der Waals surface area contributed by atoms with E-state index in [1.165, 1.54) is 0 Å². The standard InChI is InChI=1S/C16H16O3/c1-3-8-19-16(18)11(2)12-4-5-14-10-15(17)7-6-13(14)9-12/h3-7,9-11,17H,1,8H2,2H3/t11-/m0/s1. The van der Waals surface area contributed by atoms with Crippen molar-refractivity contribution in [3.8, 4) is 5.75 Å². The topological polar surface area (TPSA) is 46.5 Å². The number of carbonyl (C=O) groups excluding carboxylic acids is 1. The summed E-state index contributed by atoms with van der Waals surface area (Å²) in [5.74, 6) is -0.352. The van der Waals surface area contributed by atoms with Crippen LogP contribution in [0.25, 0.3) is 10.8 Å². The van der Waals surface area contributed by atoms with Crippen molar-refractivity contribution in [1.29, 1.82) is 0 Å². The maximum absolute atomic E-state index is 11.8. The SMILES string of the molecule is C=CCOC(=O)[C@@H](C)c1ccc2cc(O)ccc2c1. The highest BCUT2D eigenvalue weighted by molar-refractivity contribution is 5.86. The molecule has 98 valence electrons. The van der Waals surface area contributed by atoms with Gasteiger partial charge in [0.15, 0.2) is 0 Å². The lowest BCUT2D eigenvalue weighted by molar-refractivity contribution is -0.143. The molecule has 0 aliphatic carbocycles. The largest absolute Gasteiger partial charge is 0.508 e. The highest BCUT2D eigenvalue weighted by Gasteiger charge is 2.16. The number of fused-ring (bicyclic) bond motifs is 1. The minimum Gasteiger partial charge on any atom is -0.508 e. The van der Waals surface area contributed by atoms with E-state index in [1.54, 1.807) is 18.2 Å². The van der Waals surface area contributed by atoms with E-state index in [0.29, 0.717) is 0 Å². The first kappa shape index (κ1) is 13.1. The van der Waals surface area contributed by atoms with Gasteiger partial charge < -0.3 is 9.84 Å². The zero-order valence-electron chi connectivity index (χ0n) is 10.8. The van der Waals surface area contributed by atoms with E-state index >= 15 is 0 Å². The van der Waals surface area contributed by atoms with Crippen LogP contribution >= 0.6 is 0 Å². The third kappa shape index (κ3) is 2.94. The molecule has 2 aromatic carbocycles. The molecule has 2 aromatic rings. The summed E-state index contributed by atoms with van der Waals surface area (Å²) in [7, 11) is 0. The van der Waals surface area contributed by atoms with Crippen molar-refractivity contribution < 1.29 is 14.6 Å². The van der Waals surface area contributed by atoms with E-state index in [9.17, 15) is 9.90 Å². The normalized spacial score (nSPS) is 12.1. The van der Waals surface area contributed by atoms with Gasteiger partial charge in [-0.1, -0.05) is 36.9 Å². The van der Waals surface area contributed by atoms with Gasteiger partial charge in [0, 0.05) is 0 Å². The summed E-state index contributed by atoms with van der Waals surface area (Å²) < 4.78 is 5.04. The Balaban J connectivity index is 2.27. The van der Waals surface area contributed by atoms with Crippen molar-refractivity contribution in [3.63, 3.8) is 0 Å². The van der Waals surface area contributed by atoms with Crippen LogP contribution in [0.4, 0.5) is 0 Å². The summed E-state index contributed by atoms with van der Waals surface area (Å²) in [6, 6.07) is 10.9. The molecule has 0 radical (unpaired) electrons. The van der Waals surface area contributed by atoms with Crippen LogP contribution in [-0.2, 0) is 9.53 Å².